The van der Waals surface area contributed by atoms with E-state index in [-0.39, 0.29) is 0 Å². The summed E-state index contributed by atoms with van der Waals surface area (Å²) in [5.74, 6) is 0. The van der Waals surface area contributed by atoms with Crippen molar-refractivity contribution in [2.75, 3.05) is 13.2 Å². The van der Waals surface area contributed by atoms with Crippen molar-refractivity contribution in [3.8, 4) is 0 Å². The second-order valence-corrected chi connectivity index (χ2v) is 7.94. The van der Waals surface area contributed by atoms with E-state index in [4.69, 9.17) is 9.42 Å². The van der Waals surface area contributed by atoms with Gasteiger partial charge in [-0.05, 0) is 61.4 Å². The number of aryl methyl sites for hydroxylation is 2. The summed E-state index contributed by atoms with van der Waals surface area (Å²) in [7, 11) is -2.82. The quantitative estimate of drug-likeness (QED) is 0.334. The molecule has 0 saturated carbocycles. The molecule has 1 unspecified atom stereocenters. The Morgan fingerprint density at radius 3 is 2.55 bits per heavy atom. The van der Waals surface area contributed by atoms with Gasteiger partial charge in [0, 0.05) is 18.1 Å². The Morgan fingerprint density at radius 2 is 1.72 bits per heavy atom. The monoisotopic (exact) mass is 412 g/mol. The highest BCUT2D eigenvalue weighted by Crippen LogP contribution is 2.23. The minimum Gasteiger partial charge on any atom is -0.326 e. The van der Waals surface area contributed by atoms with Gasteiger partial charge in [-0.2, -0.15) is 0 Å². The highest BCUT2D eigenvalue weighted by Gasteiger charge is 2.07. The number of unbranched alkanes of at least 4 members (excludes halogenated alkanes) is 1. The molecular formula is C23H29N2O3P. The molecule has 2 N–H and O–H groups in total. The molecule has 3 aromatic rings. The number of aromatic nitrogens is 1. The van der Waals surface area contributed by atoms with Crippen LogP contribution >= 0.6 is 8.25 Å². The largest absolute Gasteiger partial charge is 0.326 e. The molecular weight excluding hydrogens is 383 g/mol. The van der Waals surface area contributed by atoms with Gasteiger partial charge in [-0.3, -0.25) is 9.55 Å². The van der Waals surface area contributed by atoms with Crippen LogP contribution in [0.15, 0.2) is 60.8 Å². The summed E-state index contributed by atoms with van der Waals surface area (Å²) >= 11 is 0. The van der Waals surface area contributed by atoms with E-state index >= 15 is 0 Å². The van der Waals surface area contributed by atoms with Crippen molar-refractivity contribution in [1.29, 1.82) is 0 Å². The molecule has 29 heavy (non-hydrogen) atoms. The van der Waals surface area contributed by atoms with Crippen LogP contribution < -0.4 is 5.32 Å². The highest BCUT2D eigenvalue weighted by atomic mass is 31.1. The molecule has 1 atom stereocenters. The molecule has 0 spiro atoms. The van der Waals surface area contributed by atoms with Gasteiger partial charge >= 0.3 is 8.25 Å². The molecule has 0 aliphatic carbocycles. The zero-order chi connectivity index (χ0) is 20.3. The lowest BCUT2D eigenvalue weighted by atomic mass is 9.98. The van der Waals surface area contributed by atoms with E-state index in [1.807, 2.05) is 12.3 Å². The summed E-state index contributed by atoms with van der Waals surface area (Å²) in [6.07, 6.45) is 7.05. The maximum atomic E-state index is 10.5. The molecule has 0 fully saturated rings. The lowest BCUT2D eigenvalue weighted by Crippen LogP contribution is -2.16. The number of fused-ring (bicyclic) bond motifs is 1. The minimum atomic E-state index is -2.82. The van der Waals surface area contributed by atoms with Crippen LogP contribution in [-0.2, 0) is 28.5 Å². The number of nitrogens with one attached hydrogen (secondary N) is 1. The van der Waals surface area contributed by atoms with E-state index < -0.39 is 8.25 Å². The maximum absolute atomic E-state index is 10.5. The Morgan fingerprint density at radius 1 is 0.931 bits per heavy atom. The number of rotatable bonds is 12. The van der Waals surface area contributed by atoms with Crippen molar-refractivity contribution >= 4 is 19.2 Å². The third-order valence-corrected chi connectivity index (χ3v) is 5.44. The highest BCUT2D eigenvalue weighted by molar-refractivity contribution is 7.32. The van der Waals surface area contributed by atoms with E-state index in [1.165, 1.54) is 28.5 Å². The van der Waals surface area contributed by atoms with Crippen molar-refractivity contribution in [2.24, 2.45) is 0 Å². The average Bonchev–Trinajstić information content (AvgIpc) is 2.75. The van der Waals surface area contributed by atoms with Crippen LogP contribution in [0, 0.1) is 0 Å². The van der Waals surface area contributed by atoms with E-state index in [2.05, 4.69) is 58.8 Å². The van der Waals surface area contributed by atoms with Crippen LogP contribution in [0.4, 0.5) is 0 Å². The second-order valence-electron chi connectivity index (χ2n) is 7.12. The summed E-state index contributed by atoms with van der Waals surface area (Å²) in [5, 5.41) is 4.60. The molecule has 3 rings (SSSR count). The first-order valence-electron chi connectivity index (χ1n) is 10.2. The van der Waals surface area contributed by atoms with Crippen LogP contribution in [0.3, 0.4) is 0 Å². The molecule has 0 aliphatic rings. The molecule has 0 saturated heterocycles. The van der Waals surface area contributed by atoms with E-state index in [0.29, 0.717) is 13.0 Å². The van der Waals surface area contributed by atoms with Crippen LogP contribution in [0.1, 0.15) is 36.0 Å². The fraction of sp³-hybridized carbons (Fsp3) is 0.348. The molecule has 2 aromatic carbocycles. The average molecular weight is 412 g/mol. The molecule has 6 heteroatoms. The van der Waals surface area contributed by atoms with Gasteiger partial charge in [0.2, 0.25) is 0 Å². The fourth-order valence-electron chi connectivity index (χ4n) is 3.52. The topological polar surface area (TPSA) is 71.5 Å². The van der Waals surface area contributed by atoms with Gasteiger partial charge in [0.15, 0.2) is 0 Å². The standard InChI is InChI=1S/C23H29N2O3P/c26-29(27)28-17-7-15-24-18-21-14-13-20(22-12-6-16-25-23(21)22)11-5-4-10-19-8-2-1-3-9-19/h1-3,6,8-9,12-14,16,24,29H,4-5,7,10-11,15,17-18H2,(H,26,27). The maximum Gasteiger partial charge on any atom is 0.316 e. The summed E-state index contributed by atoms with van der Waals surface area (Å²) in [6.45, 7) is 1.74. The van der Waals surface area contributed by atoms with Crippen molar-refractivity contribution in [3.63, 3.8) is 0 Å². The zero-order valence-electron chi connectivity index (χ0n) is 16.6. The smallest absolute Gasteiger partial charge is 0.316 e. The summed E-state index contributed by atoms with van der Waals surface area (Å²) in [6, 6.07) is 19.2. The predicted octanol–water partition coefficient (Wildman–Crippen LogP) is 4.68. The Kier molecular flexibility index (Phi) is 8.84. The van der Waals surface area contributed by atoms with E-state index in [0.717, 1.165) is 37.9 Å². The summed E-state index contributed by atoms with van der Waals surface area (Å²) < 4.78 is 15.2. The second kappa shape index (κ2) is 11.8. The van der Waals surface area contributed by atoms with Crippen molar-refractivity contribution in [3.05, 3.63) is 77.5 Å². The van der Waals surface area contributed by atoms with Gasteiger partial charge in [0.1, 0.15) is 0 Å². The molecule has 0 aliphatic heterocycles. The van der Waals surface area contributed by atoms with Crippen LogP contribution in [0.5, 0.6) is 0 Å². The molecule has 0 radical (unpaired) electrons. The summed E-state index contributed by atoms with van der Waals surface area (Å²) in [4.78, 5) is 13.3. The van der Waals surface area contributed by atoms with Crippen LogP contribution in [0.25, 0.3) is 10.9 Å². The van der Waals surface area contributed by atoms with Gasteiger partial charge in [-0.25, -0.2) is 0 Å². The number of hydrogen-bond acceptors (Lipinski definition) is 4. The lowest BCUT2D eigenvalue weighted by Gasteiger charge is -2.11. The normalized spacial score (nSPS) is 12.3. The predicted molar refractivity (Wildman–Crippen MR) is 118 cm³/mol. The number of pyridine rings is 1. The minimum absolute atomic E-state index is 0.294. The molecule has 0 amide bonds. The molecule has 5 nitrogen and oxygen atoms in total. The first-order chi connectivity index (χ1) is 14.2. The number of benzene rings is 2. The Balaban J connectivity index is 1.53. The van der Waals surface area contributed by atoms with E-state index in [9.17, 15) is 4.57 Å². The van der Waals surface area contributed by atoms with Gasteiger partial charge in [0.25, 0.3) is 0 Å². The summed E-state index contributed by atoms with van der Waals surface area (Å²) in [5.41, 5.74) is 4.98. The lowest BCUT2D eigenvalue weighted by molar-refractivity contribution is 0.276. The molecule has 154 valence electrons. The third kappa shape index (κ3) is 7.06. The van der Waals surface area contributed by atoms with Gasteiger partial charge in [-0.15, -0.1) is 0 Å². The SMILES string of the molecule is O=[PH](O)OCCCNCc1ccc(CCCCc2ccccc2)c2cccnc12. The Hall–Kier alpha value is -2.04. The molecule has 1 aromatic heterocycles. The first kappa shape index (κ1) is 21.7. The Bertz CT molecular complexity index is 918. The zero-order valence-corrected chi connectivity index (χ0v) is 17.6. The van der Waals surface area contributed by atoms with E-state index in [1.54, 1.807) is 0 Å². The van der Waals surface area contributed by atoms with Crippen molar-refractivity contribution in [2.45, 2.75) is 38.6 Å². The Labute approximate surface area is 173 Å². The van der Waals surface area contributed by atoms with Crippen molar-refractivity contribution in [1.82, 2.24) is 10.3 Å². The van der Waals surface area contributed by atoms with Crippen LogP contribution in [0.2, 0.25) is 0 Å². The number of nitrogens with zero attached hydrogens (tertiary/aromatic N) is 1. The third-order valence-electron chi connectivity index (χ3n) is 4.99. The molecule has 0 bridgehead atoms. The van der Waals surface area contributed by atoms with Crippen LogP contribution in [-0.4, -0.2) is 23.0 Å². The van der Waals surface area contributed by atoms with Crippen molar-refractivity contribution < 1.29 is 14.0 Å². The molecule has 1 heterocycles. The van der Waals surface area contributed by atoms with Gasteiger partial charge < -0.3 is 14.7 Å². The first-order valence-corrected chi connectivity index (χ1v) is 11.5. The number of hydrogen-bond donors (Lipinski definition) is 2. The van der Waals surface area contributed by atoms with Gasteiger partial charge in [-0.1, -0.05) is 48.5 Å². The van der Waals surface area contributed by atoms with Gasteiger partial charge in [0.05, 0.1) is 12.1 Å². The fourth-order valence-corrected chi connectivity index (χ4v) is 3.84.